The van der Waals surface area contributed by atoms with Gasteiger partial charge in [-0.1, -0.05) is 0 Å². The predicted molar refractivity (Wildman–Crippen MR) is 68.9 cm³/mol. The van der Waals surface area contributed by atoms with Gasteiger partial charge in [0.2, 0.25) is 5.95 Å². The largest absolute Gasteiger partial charge is 0.466 e. The van der Waals surface area contributed by atoms with Crippen molar-refractivity contribution in [1.29, 1.82) is 0 Å². The van der Waals surface area contributed by atoms with Crippen molar-refractivity contribution in [2.75, 3.05) is 18.1 Å². The van der Waals surface area contributed by atoms with Crippen LogP contribution < -0.4 is 11.5 Å². The molecule has 0 unspecified atom stereocenters. The van der Waals surface area contributed by atoms with E-state index in [0.29, 0.717) is 29.9 Å². The Morgan fingerprint density at radius 2 is 2.11 bits per heavy atom. The van der Waals surface area contributed by atoms with Crippen molar-refractivity contribution in [3.63, 3.8) is 0 Å². The standard InChI is InChI=1S/C11H14N6O2/c1-2-19-7(18)4-3-6-5-14-10-8(15-6)9(12)16-11(13)17-10/h5H,2-4H2,1H3,(H4,12,13,14,16,17). The molecular formula is C11H14N6O2. The number of ether oxygens (including phenoxy) is 1. The second-order valence-corrected chi connectivity index (χ2v) is 3.81. The van der Waals surface area contributed by atoms with Crippen LogP contribution in [-0.2, 0) is 16.0 Å². The summed E-state index contributed by atoms with van der Waals surface area (Å²) in [4.78, 5) is 27.4. The molecule has 0 bridgehead atoms. The molecule has 0 aromatic carbocycles. The fourth-order valence-corrected chi connectivity index (χ4v) is 1.57. The number of esters is 1. The van der Waals surface area contributed by atoms with Crippen molar-refractivity contribution >= 4 is 28.9 Å². The number of carbonyl (C=O) groups is 1. The first-order chi connectivity index (χ1) is 9.10. The van der Waals surface area contributed by atoms with Crippen molar-refractivity contribution in [2.45, 2.75) is 19.8 Å². The van der Waals surface area contributed by atoms with Crippen LogP contribution >= 0.6 is 0 Å². The van der Waals surface area contributed by atoms with E-state index in [0.717, 1.165) is 0 Å². The Hall–Kier alpha value is -2.51. The van der Waals surface area contributed by atoms with Gasteiger partial charge in [0.05, 0.1) is 24.9 Å². The molecule has 0 fully saturated rings. The van der Waals surface area contributed by atoms with Gasteiger partial charge in [0.1, 0.15) is 0 Å². The number of nitrogen functional groups attached to an aromatic ring is 2. The van der Waals surface area contributed by atoms with Gasteiger partial charge in [0.25, 0.3) is 0 Å². The van der Waals surface area contributed by atoms with Crippen LogP contribution in [0.1, 0.15) is 19.0 Å². The maximum atomic E-state index is 11.3. The smallest absolute Gasteiger partial charge is 0.306 e. The Morgan fingerprint density at radius 3 is 2.84 bits per heavy atom. The van der Waals surface area contributed by atoms with Crippen LogP contribution in [0.3, 0.4) is 0 Å². The summed E-state index contributed by atoms with van der Waals surface area (Å²) in [6.45, 7) is 2.12. The molecule has 2 rings (SSSR count). The highest BCUT2D eigenvalue weighted by Crippen LogP contribution is 2.15. The Morgan fingerprint density at radius 1 is 1.32 bits per heavy atom. The van der Waals surface area contributed by atoms with E-state index < -0.39 is 0 Å². The van der Waals surface area contributed by atoms with Gasteiger partial charge in [0, 0.05) is 6.42 Å². The third kappa shape index (κ3) is 3.03. The quantitative estimate of drug-likeness (QED) is 0.741. The summed E-state index contributed by atoms with van der Waals surface area (Å²) in [5.74, 6) is -0.0440. The summed E-state index contributed by atoms with van der Waals surface area (Å²) in [5.41, 5.74) is 12.5. The molecule has 8 heteroatoms. The lowest BCUT2D eigenvalue weighted by Crippen LogP contribution is -2.07. The number of aryl methyl sites for hydroxylation is 1. The minimum absolute atomic E-state index is 0.0542. The molecule has 0 saturated carbocycles. The van der Waals surface area contributed by atoms with Crippen LogP contribution in [0.15, 0.2) is 6.20 Å². The number of hydrogen-bond donors (Lipinski definition) is 2. The maximum Gasteiger partial charge on any atom is 0.306 e. The topological polar surface area (TPSA) is 130 Å². The normalized spacial score (nSPS) is 10.6. The van der Waals surface area contributed by atoms with Crippen molar-refractivity contribution in [1.82, 2.24) is 19.9 Å². The first-order valence-electron chi connectivity index (χ1n) is 5.80. The van der Waals surface area contributed by atoms with Crippen molar-refractivity contribution in [3.05, 3.63) is 11.9 Å². The summed E-state index contributed by atoms with van der Waals surface area (Å²) in [7, 11) is 0. The molecule has 2 aromatic heterocycles. The van der Waals surface area contributed by atoms with Gasteiger partial charge >= 0.3 is 5.97 Å². The number of anilines is 2. The molecule has 2 aromatic rings. The number of nitrogens with zero attached hydrogens (tertiary/aromatic N) is 4. The molecule has 0 aliphatic rings. The molecule has 4 N–H and O–H groups in total. The Kier molecular flexibility index (Phi) is 3.69. The zero-order valence-electron chi connectivity index (χ0n) is 10.5. The molecule has 19 heavy (non-hydrogen) atoms. The van der Waals surface area contributed by atoms with E-state index in [1.807, 2.05) is 0 Å². The SMILES string of the molecule is CCOC(=O)CCc1cnc2nc(N)nc(N)c2n1. The molecule has 0 spiro atoms. The number of nitrogens with two attached hydrogens (primary N) is 2. The highest BCUT2D eigenvalue weighted by molar-refractivity contribution is 5.81. The molecule has 0 atom stereocenters. The van der Waals surface area contributed by atoms with Crippen molar-refractivity contribution in [3.8, 4) is 0 Å². The summed E-state index contributed by atoms with van der Waals surface area (Å²) >= 11 is 0. The minimum Gasteiger partial charge on any atom is -0.466 e. The van der Waals surface area contributed by atoms with Gasteiger partial charge in [-0.3, -0.25) is 4.79 Å². The van der Waals surface area contributed by atoms with Gasteiger partial charge in [-0.25, -0.2) is 9.97 Å². The lowest BCUT2D eigenvalue weighted by atomic mass is 10.2. The van der Waals surface area contributed by atoms with Crippen LogP contribution in [0.4, 0.5) is 11.8 Å². The van der Waals surface area contributed by atoms with E-state index in [4.69, 9.17) is 16.2 Å². The first kappa shape index (κ1) is 12.9. The Labute approximate surface area is 109 Å². The van der Waals surface area contributed by atoms with Crippen LogP contribution in [0.5, 0.6) is 0 Å². The van der Waals surface area contributed by atoms with Crippen molar-refractivity contribution in [2.24, 2.45) is 0 Å². The van der Waals surface area contributed by atoms with E-state index in [1.165, 1.54) is 6.20 Å². The molecule has 8 nitrogen and oxygen atoms in total. The average Bonchev–Trinajstić information content (AvgIpc) is 2.37. The predicted octanol–water partition coefficient (Wildman–Crippen LogP) is 0.0799. The number of rotatable bonds is 4. The summed E-state index contributed by atoms with van der Waals surface area (Å²) in [6, 6.07) is 0. The Bertz CT molecular complexity index is 615. The fourth-order valence-electron chi connectivity index (χ4n) is 1.57. The molecule has 0 aliphatic carbocycles. The van der Waals surface area contributed by atoms with E-state index in [-0.39, 0.29) is 24.2 Å². The number of fused-ring (bicyclic) bond motifs is 1. The van der Waals surface area contributed by atoms with Crippen LogP contribution in [0, 0.1) is 0 Å². The molecule has 0 aliphatic heterocycles. The van der Waals surface area contributed by atoms with E-state index in [9.17, 15) is 4.79 Å². The minimum atomic E-state index is -0.272. The highest BCUT2D eigenvalue weighted by atomic mass is 16.5. The van der Waals surface area contributed by atoms with Gasteiger partial charge in [-0.2, -0.15) is 9.97 Å². The molecule has 0 amide bonds. The van der Waals surface area contributed by atoms with E-state index in [2.05, 4.69) is 19.9 Å². The van der Waals surface area contributed by atoms with Gasteiger partial charge < -0.3 is 16.2 Å². The van der Waals surface area contributed by atoms with Crippen LogP contribution in [0.25, 0.3) is 11.2 Å². The second kappa shape index (κ2) is 5.42. The lowest BCUT2D eigenvalue weighted by Gasteiger charge is -2.04. The third-order valence-electron chi connectivity index (χ3n) is 2.39. The van der Waals surface area contributed by atoms with Gasteiger partial charge in [-0.05, 0) is 6.92 Å². The molecule has 0 radical (unpaired) electrons. The van der Waals surface area contributed by atoms with Crippen LogP contribution in [-0.4, -0.2) is 32.5 Å². The van der Waals surface area contributed by atoms with E-state index >= 15 is 0 Å². The lowest BCUT2D eigenvalue weighted by molar-refractivity contribution is -0.143. The highest BCUT2D eigenvalue weighted by Gasteiger charge is 2.09. The fraction of sp³-hybridized carbons (Fsp3) is 0.364. The Balaban J connectivity index is 2.20. The van der Waals surface area contributed by atoms with Gasteiger partial charge in [-0.15, -0.1) is 0 Å². The molecule has 0 saturated heterocycles. The molecular weight excluding hydrogens is 248 g/mol. The molecule has 2 heterocycles. The summed E-state index contributed by atoms with van der Waals surface area (Å²) in [6.07, 6.45) is 2.20. The summed E-state index contributed by atoms with van der Waals surface area (Å²) in [5, 5.41) is 0. The van der Waals surface area contributed by atoms with Crippen LogP contribution in [0.2, 0.25) is 0 Å². The monoisotopic (exact) mass is 262 g/mol. The van der Waals surface area contributed by atoms with E-state index in [1.54, 1.807) is 6.92 Å². The van der Waals surface area contributed by atoms with Gasteiger partial charge in [0.15, 0.2) is 17.0 Å². The number of aromatic nitrogens is 4. The second-order valence-electron chi connectivity index (χ2n) is 3.81. The maximum absolute atomic E-state index is 11.3. The average molecular weight is 262 g/mol. The number of hydrogen-bond acceptors (Lipinski definition) is 8. The zero-order chi connectivity index (χ0) is 13.8. The van der Waals surface area contributed by atoms with Crippen molar-refractivity contribution < 1.29 is 9.53 Å². The summed E-state index contributed by atoms with van der Waals surface area (Å²) < 4.78 is 4.84. The zero-order valence-corrected chi connectivity index (χ0v) is 10.5. The number of carbonyl (C=O) groups excluding carboxylic acids is 1. The third-order valence-corrected chi connectivity index (χ3v) is 2.39. The first-order valence-corrected chi connectivity index (χ1v) is 5.80. The molecule has 100 valence electrons.